The fourth-order valence-electron chi connectivity index (χ4n) is 2.55. The molecule has 0 saturated heterocycles. The van der Waals surface area contributed by atoms with Crippen LogP contribution >= 0.6 is 0 Å². The van der Waals surface area contributed by atoms with Gasteiger partial charge in [0.05, 0.1) is 39.3 Å². The molecule has 11 nitrogen and oxygen atoms in total. The molecule has 11 heteroatoms. The Balaban J connectivity index is 1.80. The van der Waals surface area contributed by atoms with Gasteiger partial charge in [-0.2, -0.15) is 0 Å². The summed E-state index contributed by atoms with van der Waals surface area (Å²) in [5.74, 6) is 1.15. The Labute approximate surface area is 185 Å². The highest BCUT2D eigenvalue weighted by Crippen LogP contribution is 2.39. The number of carbonyl (C=O) groups is 2. The number of methoxy groups -OCH3 is 4. The van der Waals surface area contributed by atoms with Crippen molar-refractivity contribution in [1.82, 2.24) is 10.3 Å². The zero-order valence-electron chi connectivity index (χ0n) is 18.4. The molecule has 0 aliphatic rings. The molecule has 1 heterocycles. The molecule has 0 aliphatic carbocycles. The Kier molecular flexibility index (Phi) is 9.85. The first-order valence-electron chi connectivity index (χ1n) is 9.57. The Morgan fingerprint density at radius 1 is 0.938 bits per heavy atom. The van der Waals surface area contributed by atoms with Crippen molar-refractivity contribution in [2.75, 3.05) is 47.0 Å². The van der Waals surface area contributed by atoms with Gasteiger partial charge >= 0.3 is 12.2 Å². The van der Waals surface area contributed by atoms with Crippen molar-refractivity contribution in [1.29, 1.82) is 0 Å². The van der Waals surface area contributed by atoms with Gasteiger partial charge in [0.2, 0.25) is 5.75 Å². The lowest BCUT2D eigenvalue weighted by molar-refractivity contribution is -0.00224. The molecule has 1 aromatic carbocycles. The van der Waals surface area contributed by atoms with E-state index in [1.54, 1.807) is 30.5 Å². The molecule has 2 N–H and O–H groups in total. The lowest BCUT2D eigenvalue weighted by Gasteiger charge is -2.17. The average Bonchev–Trinajstić information content (AvgIpc) is 2.82. The molecule has 0 saturated carbocycles. The number of amides is 2. The zero-order chi connectivity index (χ0) is 23.3. The van der Waals surface area contributed by atoms with Crippen LogP contribution in [0.5, 0.6) is 17.2 Å². The van der Waals surface area contributed by atoms with Gasteiger partial charge in [-0.05, 0) is 12.1 Å². The molecule has 0 spiro atoms. The number of anilines is 1. The molecule has 2 aromatic rings. The Bertz CT molecular complexity index is 854. The van der Waals surface area contributed by atoms with Crippen molar-refractivity contribution in [3.8, 4) is 17.2 Å². The number of nitrogens with one attached hydrogen (secondary N) is 2. The number of nitrogens with zero attached hydrogens (tertiary/aromatic N) is 1. The minimum atomic E-state index is -0.735. The third-order valence-corrected chi connectivity index (χ3v) is 4.19. The van der Waals surface area contributed by atoms with E-state index in [1.807, 2.05) is 6.07 Å². The first-order chi connectivity index (χ1) is 15.5. The number of pyridine rings is 1. The molecule has 2 rings (SSSR count). The van der Waals surface area contributed by atoms with Crippen LogP contribution in [-0.2, 0) is 20.8 Å². The number of alkyl carbamates (subject to hydrolysis) is 1. The predicted molar refractivity (Wildman–Crippen MR) is 114 cm³/mol. The van der Waals surface area contributed by atoms with Gasteiger partial charge < -0.3 is 33.7 Å². The molecule has 2 amide bonds. The number of benzene rings is 1. The number of carbonyl (C=O) groups excluding carboxylic acids is 2. The molecule has 0 bridgehead atoms. The summed E-state index contributed by atoms with van der Waals surface area (Å²) in [6.45, 7) is -0.0205. The topological polar surface area (TPSA) is 126 Å². The second-order valence-corrected chi connectivity index (χ2v) is 6.27. The molecule has 0 aliphatic heterocycles. The maximum absolute atomic E-state index is 12.2. The van der Waals surface area contributed by atoms with Crippen LogP contribution in [0.4, 0.5) is 15.3 Å². The zero-order valence-corrected chi connectivity index (χ0v) is 18.4. The van der Waals surface area contributed by atoms with Gasteiger partial charge in [-0.3, -0.25) is 10.3 Å². The van der Waals surface area contributed by atoms with Gasteiger partial charge in [0.1, 0.15) is 19.3 Å². The fraction of sp³-hybridized carbons (Fsp3) is 0.381. The minimum absolute atomic E-state index is 0.109. The largest absolute Gasteiger partial charge is 0.493 e. The normalized spacial score (nSPS) is 11.1. The Morgan fingerprint density at radius 3 is 2.12 bits per heavy atom. The van der Waals surface area contributed by atoms with Crippen molar-refractivity contribution >= 4 is 17.9 Å². The quantitative estimate of drug-likeness (QED) is 0.532. The number of rotatable bonds is 11. The standard InChI is InChI=1S/C21H27N3O8/c1-27-16(12-31-20(25)23-11-14-7-5-6-8-22-14)13-32-21(26)24-15-9-17(28-2)19(30-4)18(10-15)29-3/h5-10,16H,11-13H2,1-4H3,(H,23,25)(H,24,26). The molecular weight excluding hydrogens is 422 g/mol. The molecule has 1 atom stereocenters. The third-order valence-electron chi connectivity index (χ3n) is 4.19. The van der Waals surface area contributed by atoms with Crippen LogP contribution in [0.25, 0.3) is 0 Å². The van der Waals surface area contributed by atoms with Crippen LogP contribution in [0, 0.1) is 0 Å². The van der Waals surface area contributed by atoms with E-state index >= 15 is 0 Å². The first-order valence-corrected chi connectivity index (χ1v) is 9.57. The average molecular weight is 449 g/mol. The maximum Gasteiger partial charge on any atom is 0.411 e. The van der Waals surface area contributed by atoms with E-state index in [-0.39, 0.29) is 19.8 Å². The van der Waals surface area contributed by atoms with E-state index in [4.69, 9.17) is 28.4 Å². The molecule has 1 aromatic heterocycles. The Hall–Kier alpha value is -3.73. The molecular formula is C21H27N3O8. The van der Waals surface area contributed by atoms with E-state index in [0.29, 0.717) is 28.6 Å². The van der Waals surface area contributed by atoms with Crippen LogP contribution in [0.15, 0.2) is 36.5 Å². The summed E-state index contributed by atoms with van der Waals surface area (Å²) >= 11 is 0. The summed E-state index contributed by atoms with van der Waals surface area (Å²) < 4.78 is 31.2. The molecule has 0 radical (unpaired) electrons. The van der Waals surface area contributed by atoms with Crippen LogP contribution in [-0.4, -0.2) is 64.9 Å². The van der Waals surface area contributed by atoms with Crippen LogP contribution in [0.1, 0.15) is 5.69 Å². The lowest BCUT2D eigenvalue weighted by atomic mass is 10.2. The summed E-state index contributed by atoms with van der Waals surface area (Å²) in [5.41, 5.74) is 1.07. The van der Waals surface area contributed by atoms with E-state index in [0.717, 1.165) is 0 Å². The van der Waals surface area contributed by atoms with E-state index < -0.39 is 18.3 Å². The van der Waals surface area contributed by atoms with Crippen molar-refractivity contribution in [3.63, 3.8) is 0 Å². The van der Waals surface area contributed by atoms with E-state index in [9.17, 15) is 9.59 Å². The Morgan fingerprint density at radius 2 is 1.59 bits per heavy atom. The van der Waals surface area contributed by atoms with Crippen molar-refractivity contribution < 1.29 is 38.0 Å². The second kappa shape index (κ2) is 12.8. The van der Waals surface area contributed by atoms with Crippen LogP contribution in [0.2, 0.25) is 0 Å². The van der Waals surface area contributed by atoms with Crippen molar-refractivity contribution in [2.24, 2.45) is 0 Å². The van der Waals surface area contributed by atoms with Gasteiger partial charge in [-0.15, -0.1) is 0 Å². The van der Waals surface area contributed by atoms with Crippen molar-refractivity contribution in [3.05, 3.63) is 42.2 Å². The van der Waals surface area contributed by atoms with Gasteiger partial charge in [0, 0.05) is 25.4 Å². The van der Waals surface area contributed by atoms with Crippen LogP contribution in [0.3, 0.4) is 0 Å². The molecule has 174 valence electrons. The third kappa shape index (κ3) is 7.51. The molecule has 1 unspecified atom stereocenters. The number of hydrogen-bond acceptors (Lipinski definition) is 9. The minimum Gasteiger partial charge on any atom is -0.493 e. The smallest absolute Gasteiger partial charge is 0.411 e. The monoisotopic (exact) mass is 449 g/mol. The SMILES string of the molecule is COc1cc(NC(=O)OCC(COC(=O)NCc2ccccn2)OC)cc(OC)c1OC. The van der Waals surface area contributed by atoms with E-state index in [2.05, 4.69) is 15.6 Å². The van der Waals surface area contributed by atoms with E-state index in [1.165, 1.54) is 28.4 Å². The highest BCUT2D eigenvalue weighted by molar-refractivity contribution is 5.86. The highest BCUT2D eigenvalue weighted by Gasteiger charge is 2.17. The fourth-order valence-corrected chi connectivity index (χ4v) is 2.55. The van der Waals surface area contributed by atoms with Crippen molar-refractivity contribution in [2.45, 2.75) is 12.6 Å². The lowest BCUT2D eigenvalue weighted by Crippen LogP contribution is -2.32. The number of hydrogen-bond donors (Lipinski definition) is 2. The highest BCUT2D eigenvalue weighted by atomic mass is 16.6. The second-order valence-electron chi connectivity index (χ2n) is 6.27. The molecule has 32 heavy (non-hydrogen) atoms. The first kappa shape index (κ1) is 24.5. The summed E-state index contributed by atoms with van der Waals surface area (Å²) in [4.78, 5) is 28.1. The van der Waals surface area contributed by atoms with Gasteiger partial charge in [-0.25, -0.2) is 9.59 Å². The number of ether oxygens (including phenoxy) is 6. The summed E-state index contributed by atoms with van der Waals surface area (Å²) in [6.07, 6.45) is -0.397. The number of aromatic nitrogens is 1. The maximum atomic E-state index is 12.2. The molecule has 0 fully saturated rings. The predicted octanol–water partition coefficient (Wildman–Crippen LogP) is 2.60. The van der Waals surface area contributed by atoms with Crippen LogP contribution < -0.4 is 24.8 Å². The van der Waals surface area contributed by atoms with Gasteiger partial charge in [0.25, 0.3) is 0 Å². The summed E-state index contributed by atoms with van der Waals surface area (Å²) in [7, 11) is 5.83. The van der Waals surface area contributed by atoms with Gasteiger partial charge in [-0.1, -0.05) is 6.07 Å². The van der Waals surface area contributed by atoms with Gasteiger partial charge in [0.15, 0.2) is 11.5 Å². The summed E-state index contributed by atoms with van der Waals surface area (Å²) in [5, 5.41) is 5.14. The summed E-state index contributed by atoms with van der Waals surface area (Å²) in [6, 6.07) is 8.50.